The Morgan fingerprint density at radius 2 is 1.91 bits per heavy atom. The second-order valence-corrected chi connectivity index (χ2v) is 6.14. The van der Waals surface area contributed by atoms with Crippen LogP contribution in [0.5, 0.6) is 0 Å². The Hall–Kier alpha value is -2.57. The summed E-state index contributed by atoms with van der Waals surface area (Å²) in [6.45, 7) is 6.26. The van der Waals surface area contributed by atoms with Gasteiger partial charge in [0, 0.05) is 13.6 Å². The lowest BCUT2D eigenvalue weighted by Gasteiger charge is -2.40. The summed E-state index contributed by atoms with van der Waals surface area (Å²) >= 11 is 0. The van der Waals surface area contributed by atoms with Crippen molar-refractivity contribution in [1.82, 2.24) is 10.2 Å². The number of hydrogen-bond acceptors (Lipinski definition) is 3. The Kier molecular flexibility index (Phi) is 3.50. The number of hydrogen-bond donors (Lipinski definition) is 1. The van der Waals surface area contributed by atoms with Gasteiger partial charge >= 0.3 is 12.1 Å². The normalized spacial score (nSPS) is 18.5. The third-order valence-corrected chi connectivity index (χ3v) is 4.17. The minimum absolute atomic E-state index is 0.196. The molecule has 2 aliphatic heterocycles. The molecule has 0 radical (unpaired) electrons. The quantitative estimate of drug-likeness (QED) is 0.911. The van der Waals surface area contributed by atoms with Crippen molar-refractivity contribution >= 4 is 29.4 Å². The highest BCUT2D eigenvalue weighted by atomic mass is 16.2. The first-order chi connectivity index (χ1) is 10.9. The summed E-state index contributed by atoms with van der Waals surface area (Å²) < 4.78 is 0. The van der Waals surface area contributed by atoms with Crippen LogP contribution in [0.15, 0.2) is 29.3 Å². The smallest absolute Gasteiger partial charge is 0.333 e. The van der Waals surface area contributed by atoms with Crippen LogP contribution in [0.3, 0.4) is 0 Å². The van der Waals surface area contributed by atoms with Crippen molar-refractivity contribution in [1.29, 1.82) is 0 Å². The van der Waals surface area contributed by atoms with Gasteiger partial charge in [-0.25, -0.2) is 24.4 Å². The van der Waals surface area contributed by atoms with E-state index in [1.165, 1.54) is 9.80 Å². The number of para-hydroxylation sites is 2. The van der Waals surface area contributed by atoms with Gasteiger partial charge in [-0.1, -0.05) is 19.1 Å². The highest BCUT2D eigenvalue weighted by molar-refractivity contribution is 6.35. The van der Waals surface area contributed by atoms with Gasteiger partial charge in [0.15, 0.2) is 0 Å². The number of urea groups is 2. The molecule has 3 rings (SSSR count). The van der Waals surface area contributed by atoms with Crippen molar-refractivity contribution < 1.29 is 9.59 Å². The Balaban J connectivity index is 2.12. The van der Waals surface area contributed by atoms with Crippen molar-refractivity contribution in [2.75, 3.05) is 23.4 Å². The Morgan fingerprint density at radius 1 is 1.26 bits per heavy atom. The predicted molar refractivity (Wildman–Crippen MR) is 89.8 cm³/mol. The van der Waals surface area contributed by atoms with Gasteiger partial charge in [0.1, 0.15) is 5.66 Å². The lowest BCUT2D eigenvalue weighted by atomic mass is 10.2. The number of aliphatic imine (C=N–C) groups is 1. The highest BCUT2D eigenvalue weighted by Crippen LogP contribution is 2.41. The van der Waals surface area contributed by atoms with E-state index < -0.39 is 5.66 Å². The fourth-order valence-corrected chi connectivity index (χ4v) is 2.66. The van der Waals surface area contributed by atoms with Crippen LogP contribution in [0, 0.1) is 0 Å². The summed E-state index contributed by atoms with van der Waals surface area (Å²) in [6.07, 6.45) is 0.838. The van der Waals surface area contributed by atoms with Gasteiger partial charge in [-0.05, 0) is 32.4 Å². The molecule has 7 nitrogen and oxygen atoms in total. The van der Waals surface area contributed by atoms with E-state index in [-0.39, 0.29) is 12.1 Å². The summed E-state index contributed by atoms with van der Waals surface area (Å²) in [5, 5.41) is 2.86. The molecule has 0 saturated heterocycles. The molecule has 0 unspecified atom stereocenters. The van der Waals surface area contributed by atoms with Crippen molar-refractivity contribution in [2.45, 2.75) is 32.9 Å². The molecule has 122 valence electrons. The summed E-state index contributed by atoms with van der Waals surface area (Å²) in [5.41, 5.74) is 0.624. The van der Waals surface area contributed by atoms with Gasteiger partial charge in [0.2, 0.25) is 5.96 Å². The first kappa shape index (κ1) is 15.3. The molecule has 0 spiro atoms. The maximum atomic E-state index is 12.8. The summed E-state index contributed by atoms with van der Waals surface area (Å²) in [4.78, 5) is 34.6. The fourth-order valence-electron chi connectivity index (χ4n) is 2.66. The Labute approximate surface area is 135 Å². The van der Waals surface area contributed by atoms with E-state index in [1.54, 1.807) is 11.9 Å². The predicted octanol–water partition coefficient (Wildman–Crippen LogP) is 2.59. The van der Waals surface area contributed by atoms with Crippen LogP contribution in [-0.4, -0.2) is 42.2 Å². The zero-order valence-electron chi connectivity index (χ0n) is 13.8. The molecule has 23 heavy (non-hydrogen) atoms. The third-order valence-electron chi connectivity index (χ3n) is 4.17. The second-order valence-electron chi connectivity index (χ2n) is 6.14. The molecule has 0 fully saturated rings. The number of carbonyl (C=O) groups is 2. The molecular formula is C16H21N5O2. The number of rotatable bonds is 2. The van der Waals surface area contributed by atoms with Crippen LogP contribution in [0.4, 0.5) is 21.0 Å². The first-order valence-electron chi connectivity index (χ1n) is 7.73. The van der Waals surface area contributed by atoms with Crippen molar-refractivity contribution in [2.24, 2.45) is 4.99 Å². The number of anilines is 2. The van der Waals surface area contributed by atoms with E-state index in [0.717, 1.165) is 6.42 Å². The molecule has 2 heterocycles. The minimum Gasteiger partial charge on any atom is -0.337 e. The number of nitrogens with zero attached hydrogens (tertiary/aromatic N) is 4. The van der Waals surface area contributed by atoms with Gasteiger partial charge in [0.05, 0.1) is 11.4 Å². The van der Waals surface area contributed by atoms with E-state index in [1.807, 2.05) is 45.0 Å². The number of amides is 4. The lowest BCUT2D eigenvalue weighted by Crippen LogP contribution is -2.60. The highest BCUT2D eigenvalue weighted by Gasteiger charge is 2.47. The molecule has 0 aliphatic carbocycles. The van der Waals surface area contributed by atoms with Crippen LogP contribution in [0.2, 0.25) is 0 Å². The number of guanidine groups is 1. The molecule has 1 aromatic rings. The summed E-state index contributed by atoms with van der Waals surface area (Å²) in [6, 6.07) is 6.87. The molecule has 0 aromatic heterocycles. The average Bonchev–Trinajstić information content (AvgIpc) is 2.83. The molecule has 0 saturated carbocycles. The molecule has 7 heteroatoms. The molecule has 4 amide bonds. The number of nitrogens with one attached hydrogen (secondary N) is 1. The SMILES string of the molecule is CCCNC(=O)N1C2=NC(C)(C)N(C)C(=O)N2c2ccccc21. The lowest BCUT2D eigenvalue weighted by molar-refractivity contribution is 0.164. The van der Waals surface area contributed by atoms with Crippen LogP contribution in [0.25, 0.3) is 0 Å². The van der Waals surface area contributed by atoms with Gasteiger partial charge in [-0.3, -0.25) is 0 Å². The Morgan fingerprint density at radius 3 is 2.57 bits per heavy atom. The standard InChI is InChI=1S/C16H21N5O2/c1-5-10-17-14(22)20-11-8-6-7-9-12(11)21-13(20)18-16(2,3)19(4)15(21)23/h6-9H,5,10H2,1-4H3,(H,17,22). The Bertz CT molecular complexity index is 697. The van der Waals surface area contributed by atoms with E-state index in [4.69, 9.17) is 0 Å². The molecule has 0 bridgehead atoms. The van der Waals surface area contributed by atoms with E-state index in [0.29, 0.717) is 23.9 Å². The van der Waals surface area contributed by atoms with Gasteiger partial charge in [-0.2, -0.15) is 0 Å². The number of carbonyl (C=O) groups excluding carboxylic acids is 2. The summed E-state index contributed by atoms with van der Waals surface area (Å²) in [7, 11) is 1.71. The molecular weight excluding hydrogens is 294 g/mol. The fraction of sp³-hybridized carbons (Fsp3) is 0.438. The van der Waals surface area contributed by atoms with Crippen LogP contribution < -0.4 is 15.1 Å². The zero-order chi connectivity index (χ0) is 16.8. The first-order valence-corrected chi connectivity index (χ1v) is 7.73. The third kappa shape index (κ3) is 2.23. The van der Waals surface area contributed by atoms with Crippen LogP contribution in [-0.2, 0) is 0 Å². The number of benzene rings is 1. The minimum atomic E-state index is -0.714. The topological polar surface area (TPSA) is 68.2 Å². The van der Waals surface area contributed by atoms with Crippen molar-refractivity contribution in [3.63, 3.8) is 0 Å². The largest absolute Gasteiger partial charge is 0.337 e. The molecule has 0 atom stereocenters. The van der Waals surface area contributed by atoms with Crippen molar-refractivity contribution in [3.05, 3.63) is 24.3 Å². The van der Waals surface area contributed by atoms with E-state index in [9.17, 15) is 9.59 Å². The molecule has 2 aliphatic rings. The van der Waals surface area contributed by atoms with E-state index >= 15 is 0 Å². The summed E-state index contributed by atoms with van der Waals surface area (Å²) in [5.74, 6) is 0.355. The second kappa shape index (κ2) is 5.26. The van der Waals surface area contributed by atoms with Crippen LogP contribution >= 0.6 is 0 Å². The zero-order valence-corrected chi connectivity index (χ0v) is 13.8. The van der Waals surface area contributed by atoms with E-state index in [2.05, 4.69) is 10.3 Å². The maximum Gasteiger partial charge on any atom is 0.333 e. The van der Waals surface area contributed by atoms with Crippen LogP contribution in [0.1, 0.15) is 27.2 Å². The molecule has 1 aromatic carbocycles. The van der Waals surface area contributed by atoms with Crippen molar-refractivity contribution in [3.8, 4) is 0 Å². The van der Waals surface area contributed by atoms with Gasteiger partial charge in [-0.15, -0.1) is 0 Å². The maximum absolute atomic E-state index is 12.8. The average molecular weight is 315 g/mol. The monoisotopic (exact) mass is 315 g/mol. The van der Waals surface area contributed by atoms with Gasteiger partial charge in [0.25, 0.3) is 0 Å². The van der Waals surface area contributed by atoms with Gasteiger partial charge < -0.3 is 10.2 Å². The molecule has 1 N–H and O–H groups in total. The number of fused-ring (bicyclic) bond motifs is 3.